The number of rotatable bonds is 4. The lowest BCUT2D eigenvalue weighted by atomic mass is 10.0. The molecule has 0 saturated carbocycles. The van der Waals surface area contributed by atoms with Crippen LogP contribution in [0.4, 0.5) is 5.69 Å². The molecular weight excluding hydrogens is 326 g/mol. The van der Waals surface area contributed by atoms with Gasteiger partial charge in [-0.2, -0.15) is 0 Å². The summed E-state index contributed by atoms with van der Waals surface area (Å²) in [6.07, 6.45) is 0.625. The second kappa shape index (κ2) is 6.72. The highest BCUT2D eigenvalue weighted by Gasteiger charge is 2.15. The molecule has 0 atom stereocenters. The van der Waals surface area contributed by atoms with Gasteiger partial charge in [-0.3, -0.25) is 9.59 Å². The molecule has 4 nitrogen and oxygen atoms in total. The minimum absolute atomic E-state index is 0.213. The predicted molar refractivity (Wildman–Crippen MR) is 93.7 cm³/mol. The first-order valence-corrected chi connectivity index (χ1v) is 7.68. The lowest BCUT2D eigenvalue weighted by Gasteiger charge is -2.09. The van der Waals surface area contributed by atoms with E-state index in [1.165, 1.54) is 0 Å². The first-order chi connectivity index (χ1) is 11.6. The minimum atomic E-state index is -0.283. The molecule has 1 amide bonds. The summed E-state index contributed by atoms with van der Waals surface area (Å²) in [4.78, 5) is 23.4. The van der Waals surface area contributed by atoms with Crippen molar-refractivity contribution in [2.45, 2.75) is 6.92 Å². The van der Waals surface area contributed by atoms with E-state index in [2.05, 4.69) is 5.32 Å². The Morgan fingerprint density at radius 3 is 2.62 bits per heavy atom. The van der Waals surface area contributed by atoms with E-state index < -0.39 is 0 Å². The summed E-state index contributed by atoms with van der Waals surface area (Å²) in [6, 6.07) is 15.6. The second-order valence-corrected chi connectivity index (χ2v) is 5.69. The van der Waals surface area contributed by atoms with Gasteiger partial charge in [-0.05, 0) is 42.8 Å². The van der Waals surface area contributed by atoms with Crippen LogP contribution in [0.2, 0.25) is 5.02 Å². The Kier molecular flexibility index (Phi) is 4.49. The van der Waals surface area contributed by atoms with Gasteiger partial charge in [0.25, 0.3) is 5.91 Å². The SMILES string of the molecule is Cc1ccc(NC(=O)c2ccccc2-c2ccc(C=O)o2)cc1Cl. The summed E-state index contributed by atoms with van der Waals surface area (Å²) >= 11 is 6.09. The first kappa shape index (κ1) is 16.0. The van der Waals surface area contributed by atoms with E-state index in [1.807, 2.05) is 13.0 Å². The highest BCUT2D eigenvalue weighted by atomic mass is 35.5. The van der Waals surface area contributed by atoms with Crippen molar-refractivity contribution in [1.82, 2.24) is 0 Å². The molecule has 0 radical (unpaired) electrons. The average molecular weight is 340 g/mol. The molecule has 3 rings (SSSR count). The van der Waals surface area contributed by atoms with Crippen molar-refractivity contribution in [3.63, 3.8) is 0 Å². The number of benzene rings is 2. The Balaban J connectivity index is 1.92. The van der Waals surface area contributed by atoms with Crippen LogP contribution in [0.3, 0.4) is 0 Å². The number of hydrogen-bond acceptors (Lipinski definition) is 3. The van der Waals surface area contributed by atoms with Gasteiger partial charge in [0, 0.05) is 16.3 Å². The van der Waals surface area contributed by atoms with E-state index in [9.17, 15) is 9.59 Å². The summed E-state index contributed by atoms with van der Waals surface area (Å²) in [5.41, 5.74) is 2.60. The Morgan fingerprint density at radius 2 is 1.92 bits per heavy atom. The highest BCUT2D eigenvalue weighted by Crippen LogP contribution is 2.27. The largest absolute Gasteiger partial charge is 0.453 e. The van der Waals surface area contributed by atoms with Gasteiger partial charge in [0.15, 0.2) is 12.0 Å². The number of aryl methyl sites for hydroxylation is 1. The van der Waals surface area contributed by atoms with Gasteiger partial charge in [-0.25, -0.2) is 0 Å². The summed E-state index contributed by atoms with van der Waals surface area (Å²) in [5.74, 6) is 0.393. The molecule has 0 aliphatic carbocycles. The first-order valence-electron chi connectivity index (χ1n) is 7.30. The van der Waals surface area contributed by atoms with Crippen molar-refractivity contribution >= 4 is 29.5 Å². The van der Waals surface area contributed by atoms with E-state index in [1.54, 1.807) is 48.5 Å². The van der Waals surface area contributed by atoms with Gasteiger partial charge in [0.1, 0.15) is 5.76 Å². The Morgan fingerprint density at radius 1 is 1.12 bits per heavy atom. The zero-order chi connectivity index (χ0) is 17.1. The zero-order valence-electron chi connectivity index (χ0n) is 12.9. The average Bonchev–Trinajstić information content (AvgIpc) is 3.07. The van der Waals surface area contributed by atoms with Gasteiger partial charge < -0.3 is 9.73 Å². The van der Waals surface area contributed by atoms with Crippen LogP contribution in [0, 0.1) is 6.92 Å². The molecular formula is C19H14ClNO3. The fourth-order valence-electron chi connectivity index (χ4n) is 2.33. The van der Waals surface area contributed by atoms with Gasteiger partial charge in [0.05, 0.1) is 5.56 Å². The molecule has 5 heteroatoms. The molecule has 2 aromatic carbocycles. The molecule has 1 heterocycles. The second-order valence-electron chi connectivity index (χ2n) is 5.28. The third-order valence-electron chi connectivity index (χ3n) is 3.61. The van der Waals surface area contributed by atoms with Gasteiger partial charge in [-0.1, -0.05) is 35.9 Å². The van der Waals surface area contributed by atoms with Crippen molar-refractivity contribution in [1.29, 1.82) is 0 Å². The van der Waals surface area contributed by atoms with Crippen LogP contribution in [0.5, 0.6) is 0 Å². The molecule has 120 valence electrons. The smallest absolute Gasteiger partial charge is 0.256 e. The number of aldehydes is 1. The molecule has 0 aliphatic heterocycles. The maximum atomic E-state index is 12.6. The fraction of sp³-hybridized carbons (Fsp3) is 0.0526. The Hall–Kier alpha value is -2.85. The summed E-state index contributed by atoms with van der Waals surface area (Å²) in [5, 5.41) is 3.41. The molecule has 3 aromatic rings. The summed E-state index contributed by atoms with van der Waals surface area (Å²) in [7, 11) is 0. The van der Waals surface area contributed by atoms with Crippen LogP contribution < -0.4 is 5.32 Å². The fourth-order valence-corrected chi connectivity index (χ4v) is 2.51. The lowest BCUT2D eigenvalue weighted by molar-refractivity contribution is 0.102. The third kappa shape index (κ3) is 3.24. The maximum Gasteiger partial charge on any atom is 0.256 e. The molecule has 0 aliphatic rings. The molecule has 1 aromatic heterocycles. The minimum Gasteiger partial charge on any atom is -0.453 e. The summed E-state index contributed by atoms with van der Waals surface area (Å²) in [6.45, 7) is 1.89. The number of hydrogen-bond donors (Lipinski definition) is 1. The van der Waals surface area contributed by atoms with E-state index >= 15 is 0 Å². The van der Waals surface area contributed by atoms with Crippen molar-refractivity contribution in [3.8, 4) is 11.3 Å². The molecule has 0 spiro atoms. The van der Waals surface area contributed by atoms with Gasteiger partial charge >= 0.3 is 0 Å². The number of anilines is 1. The highest BCUT2D eigenvalue weighted by molar-refractivity contribution is 6.31. The van der Waals surface area contributed by atoms with Crippen molar-refractivity contribution in [2.75, 3.05) is 5.32 Å². The number of halogens is 1. The van der Waals surface area contributed by atoms with Crippen LogP contribution >= 0.6 is 11.6 Å². The van der Waals surface area contributed by atoms with E-state index in [4.69, 9.17) is 16.0 Å². The number of carbonyl (C=O) groups is 2. The zero-order valence-corrected chi connectivity index (χ0v) is 13.6. The topological polar surface area (TPSA) is 59.3 Å². The third-order valence-corrected chi connectivity index (χ3v) is 4.02. The van der Waals surface area contributed by atoms with E-state index in [0.29, 0.717) is 33.9 Å². The maximum absolute atomic E-state index is 12.6. The van der Waals surface area contributed by atoms with Crippen molar-refractivity contribution in [2.24, 2.45) is 0 Å². The Labute approximate surface area is 144 Å². The molecule has 0 bridgehead atoms. The van der Waals surface area contributed by atoms with Crippen LogP contribution in [0.1, 0.15) is 26.5 Å². The molecule has 0 unspecified atom stereocenters. The number of nitrogens with one attached hydrogen (secondary N) is 1. The van der Waals surface area contributed by atoms with E-state index in [-0.39, 0.29) is 11.7 Å². The quantitative estimate of drug-likeness (QED) is 0.682. The molecule has 24 heavy (non-hydrogen) atoms. The molecule has 1 N–H and O–H groups in total. The van der Waals surface area contributed by atoms with Crippen LogP contribution in [-0.4, -0.2) is 12.2 Å². The summed E-state index contributed by atoms with van der Waals surface area (Å²) < 4.78 is 5.43. The number of furan rings is 1. The van der Waals surface area contributed by atoms with Gasteiger partial charge in [-0.15, -0.1) is 0 Å². The van der Waals surface area contributed by atoms with Crippen LogP contribution in [-0.2, 0) is 0 Å². The standard InChI is InChI=1S/C19H14ClNO3/c1-12-6-7-13(10-17(12)20)21-19(23)16-5-3-2-4-15(16)18-9-8-14(11-22)24-18/h2-11H,1H3,(H,21,23). The van der Waals surface area contributed by atoms with Crippen molar-refractivity contribution in [3.05, 3.63) is 76.5 Å². The van der Waals surface area contributed by atoms with Crippen LogP contribution in [0.15, 0.2) is 59.0 Å². The number of carbonyl (C=O) groups excluding carboxylic acids is 2. The van der Waals surface area contributed by atoms with Crippen LogP contribution in [0.25, 0.3) is 11.3 Å². The van der Waals surface area contributed by atoms with Gasteiger partial charge in [0.2, 0.25) is 0 Å². The predicted octanol–water partition coefficient (Wildman–Crippen LogP) is 4.97. The van der Waals surface area contributed by atoms with Crippen molar-refractivity contribution < 1.29 is 14.0 Å². The Bertz CT molecular complexity index is 914. The monoisotopic (exact) mass is 339 g/mol. The lowest BCUT2D eigenvalue weighted by Crippen LogP contribution is -2.13. The van der Waals surface area contributed by atoms with E-state index in [0.717, 1.165) is 5.56 Å². The number of amides is 1. The molecule has 0 fully saturated rings. The molecule has 0 saturated heterocycles. The normalized spacial score (nSPS) is 10.4.